The van der Waals surface area contributed by atoms with Gasteiger partial charge in [0.05, 0.1) is 30.1 Å². The zero-order valence-corrected chi connectivity index (χ0v) is 20.2. The van der Waals surface area contributed by atoms with Crippen molar-refractivity contribution in [3.8, 4) is 22.8 Å². The Morgan fingerprint density at radius 2 is 1.72 bits per heavy atom. The Bertz CT molecular complexity index is 1280. The number of amides is 2. The zero-order chi connectivity index (χ0) is 25.2. The van der Waals surface area contributed by atoms with Gasteiger partial charge in [0, 0.05) is 44.7 Å². The second-order valence-corrected chi connectivity index (χ2v) is 9.46. The molecule has 1 saturated carbocycles. The number of imidazole rings is 1. The molecule has 0 bridgehead atoms. The quantitative estimate of drug-likeness (QED) is 0.519. The Hall–Kier alpha value is -3.88. The first kappa shape index (κ1) is 23.8. The second kappa shape index (κ2) is 10.0. The van der Waals surface area contributed by atoms with E-state index in [2.05, 4.69) is 4.98 Å². The van der Waals surface area contributed by atoms with Crippen molar-refractivity contribution in [2.24, 2.45) is 12.8 Å². The number of aromatic nitrogens is 2. The van der Waals surface area contributed by atoms with Crippen LogP contribution in [0.2, 0.25) is 0 Å². The summed E-state index contributed by atoms with van der Waals surface area (Å²) in [5, 5.41) is 0. The lowest BCUT2D eigenvalue weighted by molar-refractivity contribution is -0.132. The van der Waals surface area contributed by atoms with Gasteiger partial charge in [-0.15, -0.1) is 0 Å². The number of benzene rings is 2. The summed E-state index contributed by atoms with van der Waals surface area (Å²) < 4.78 is 27.8. The molecule has 9 heteroatoms. The lowest BCUT2D eigenvalue weighted by atomic mass is 10.0. The van der Waals surface area contributed by atoms with Crippen LogP contribution in [0.5, 0.6) is 11.5 Å². The Kier molecular flexibility index (Phi) is 6.63. The first-order valence-corrected chi connectivity index (χ1v) is 12.2. The molecule has 2 aliphatic rings. The van der Waals surface area contributed by atoms with Crippen LogP contribution < -0.4 is 15.2 Å². The van der Waals surface area contributed by atoms with Crippen LogP contribution in [-0.4, -0.2) is 51.6 Å². The Labute approximate surface area is 208 Å². The molecule has 36 heavy (non-hydrogen) atoms. The molecule has 1 aliphatic carbocycles. The Morgan fingerprint density at radius 1 is 1.03 bits per heavy atom. The van der Waals surface area contributed by atoms with E-state index in [-0.39, 0.29) is 30.3 Å². The molecular formula is C27H29FN4O4. The Morgan fingerprint density at radius 3 is 2.36 bits per heavy atom. The van der Waals surface area contributed by atoms with E-state index in [1.807, 2.05) is 23.9 Å². The van der Waals surface area contributed by atoms with Gasteiger partial charge in [-0.3, -0.25) is 9.59 Å². The average molecular weight is 493 g/mol. The summed E-state index contributed by atoms with van der Waals surface area (Å²) in [4.78, 5) is 31.0. The molecule has 2 heterocycles. The standard InChI is InChI=1S/C27H29FN4O4/c1-31-15-23(30-16-31)18-3-7-24(21(14-18)27(29)34)35-20-8-10-32(11-9-20)26(33)13-17-2-6-25(22(28)12-17)36-19-4-5-19/h2-3,6-7,12,14-16,19-20H,4-5,8-11,13H2,1H3,(H2,29,34). The third-order valence-corrected chi connectivity index (χ3v) is 6.50. The molecule has 0 spiro atoms. The van der Waals surface area contributed by atoms with Gasteiger partial charge >= 0.3 is 0 Å². The van der Waals surface area contributed by atoms with E-state index in [0.29, 0.717) is 42.8 Å². The SMILES string of the molecule is Cn1cnc(-c2ccc(OC3CCN(C(=O)Cc4ccc(OC5CC5)c(F)c4)CC3)c(C(N)=O)c2)c1. The maximum absolute atomic E-state index is 14.3. The van der Waals surface area contributed by atoms with Crippen molar-refractivity contribution in [2.45, 2.75) is 44.3 Å². The lowest BCUT2D eigenvalue weighted by Gasteiger charge is -2.32. The minimum Gasteiger partial charge on any atom is -0.489 e. The molecule has 8 nitrogen and oxygen atoms in total. The average Bonchev–Trinajstić information content (AvgIpc) is 3.58. The van der Waals surface area contributed by atoms with Gasteiger partial charge in [0.25, 0.3) is 5.91 Å². The molecule has 0 radical (unpaired) electrons. The molecular weight excluding hydrogens is 463 g/mol. The number of aryl methyl sites for hydroxylation is 1. The van der Waals surface area contributed by atoms with Crippen LogP contribution in [0, 0.1) is 5.82 Å². The van der Waals surface area contributed by atoms with Crippen molar-refractivity contribution >= 4 is 11.8 Å². The summed E-state index contributed by atoms with van der Waals surface area (Å²) >= 11 is 0. The van der Waals surface area contributed by atoms with Gasteiger partial charge < -0.3 is 24.7 Å². The van der Waals surface area contributed by atoms with E-state index in [0.717, 1.165) is 24.1 Å². The number of primary amides is 1. The van der Waals surface area contributed by atoms with Crippen LogP contribution in [0.4, 0.5) is 4.39 Å². The van der Waals surface area contributed by atoms with Crippen LogP contribution in [0.1, 0.15) is 41.6 Å². The second-order valence-electron chi connectivity index (χ2n) is 9.46. The van der Waals surface area contributed by atoms with Crippen molar-refractivity contribution in [3.63, 3.8) is 0 Å². The van der Waals surface area contributed by atoms with Crippen molar-refractivity contribution in [2.75, 3.05) is 13.1 Å². The predicted octanol–water partition coefficient (Wildman–Crippen LogP) is 3.48. The molecule has 2 N–H and O–H groups in total. The van der Waals surface area contributed by atoms with Gasteiger partial charge in [0.2, 0.25) is 5.91 Å². The van der Waals surface area contributed by atoms with E-state index in [9.17, 15) is 14.0 Å². The number of halogens is 1. The molecule has 5 rings (SSSR count). The highest BCUT2D eigenvalue weighted by molar-refractivity contribution is 5.97. The zero-order valence-electron chi connectivity index (χ0n) is 20.2. The fourth-order valence-corrected chi connectivity index (χ4v) is 4.35. The summed E-state index contributed by atoms with van der Waals surface area (Å²) in [7, 11) is 1.87. The monoisotopic (exact) mass is 492 g/mol. The molecule has 2 aromatic carbocycles. The van der Waals surface area contributed by atoms with Gasteiger partial charge in [0.15, 0.2) is 11.6 Å². The first-order chi connectivity index (χ1) is 17.4. The van der Waals surface area contributed by atoms with Crippen LogP contribution in [-0.2, 0) is 18.3 Å². The highest BCUT2D eigenvalue weighted by atomic mass is 19.1. The largest absolute Gasteiger partial charge is 0.489 e. The third-order valence-electron chi connectivity index (χ3n) is 6.50. The van der Waals surface area contributed by atoms with E-state index in [1.54, 1.807) is 35.5 Å². The van der Waals surface area contributed by atoms with E-state index in [4.69, 9.17) is 15.2 Å². The summed E-state index contributed by atoms with van der Waals surface area (Å²) in [6, 6.07) is 10.0. The molecule has 1 aromatic heterocycles. The van der Waals surface area contributed by atoms with Crippen molar-refractivity contribution < 1.29 is 23.5 Å². The van der Waals surface area contributed by atoms with Crippen LogP contribution in [0.3, 0.4) is 0 Å². The fourth-order valence-electron chi connectivity index (χ4n) is 4.35. The van der Waals surface area contributed by atoms with Gasteiger partial charge in [0.1, 0.15) is 11.9 Å². The molecule has 188 valence electrons. The van der Waals surface area contributed by atoms with E-state index in [1.165, 1.54) is 6.07 Å². The summed E-state index contributed by atoms with van der Waals surface area (Å²) in [5.41, 5.74) is 8.06. The predicted molar refractivity (Wildman–Crippen MR) is 131 cm³/mol. The molecule has 1 aliphatic heterocycles. The fraction of sp³-hybridized carbons (Fsp3) is 0.370. The summed E-state index contributed by atoms with van der Waals surface area (Å²) in [5.74, 6) is -0.387. The highest BCUT2D eigenvalue weighted by Gasteiger charge is 2.27. The number of nitrogens with zero attached hydrogens (tertiary/aromatic N) is 3. The van der Waals surface area contributed by atoms with E-state index >= 15 is 0 Å². The highest BCUT2D eigenvalue weighted by Crippen LogP contribution is 2.30. The number of hydrogen-bond acceptors (Lipinski definition) is 5. The van der Waals surface area contributed by atoms with Crippen molar-refractivity contribution in [1.29, 1.82) is 0 Å². The van der Waals surface area contributed by atoms with Crippen molar-refractivity contribution in [1.82, 2.24) is 14.5 Å². The maximum Gasteiger partial charge on any atom is 0.252 e. The minimum absolute atomic E-state index is 0.0544. The van der Waals surface area contributed by atoms with Gasteiger partial charge in [-0.1, -0.05) is 6.07 Å². The topological polar surface area (TPSA) is 99.7 Å². The minimum atomic E-state index is -0.573. The van der Waals surface area contributed by atoms with Crippen LogP contribution >= 0.6 is 0 Å². The molecule has 2 amide bonds. The number of carbonyl (C=O) groups excluding carboxylic acids is 2. The third kappa shape index (κ3) is 5.50. The number of hydrogen-bond donors (Lipinski definition) is 1. The number of likely N-dealkylation sites (tertiary alicyclic amines) is 1. The maximum atomic E-state index is 14.3. The Balaban J connectivity index is 1.17. The van der Waals surface area contributed by atoms with E-state index < -0.39 is 11.7 Å². The van der Waals surface area contributed by atoms with Crippen LogP contribution in [0.25, 0.3) is 11.3 Å². The smallest absolute Gasteiger partial charge is 0.252 e. The number of nitrogens with two attached hydrogens (primary N) is 1. The van der Waals surface area contributed by atoms with Crippen LogP contribution in [0.15, 0.2) is 48.9 Å². The molecule has 2 fully saturated rings. The number of ether oxygens (including phenoxy) is 2. The molecule has 1 saturated heterocycles. The molecule has 0 atom stereocenters. The first-order valence-electron chi connectivity index (χ1n) is 12.2. The summed E-state index contributed by atoms with van der Waals surface area (Å²) in [6.07, 6.45) is 6.80. The number of carbonyl (C=O) groups is 2. The lowest BCUT2D eigenvalue weighted by Crippen LogP contribution is -2.42. The summed E-state index contributed by atoms with van der Waals surface area (Å²) in [6.45, 7) is 1.04. The van der Waals surface area contributed by atoms with Gasteiger partial charge in [-0.2, -0.15) is 0 Å². The molecule has 0 unspecified atom stereocenters. The normalized spacial score (nSPS) is 16.1. The van der Waals surface area contributed by atoms with Gasteiger partial charge in [-0.05, 0) is 48.7 Å². The van der Waals surface area contributed by atoms with Crippen molar-refractivity contribution in [3.05, 3.63) is 65.9 Å². The number of rotatable bonds is 8. The molecule has 3 aromatic rings. The number of piperidine rings is 1. The van der Waals surface area contributed by atoms with Gasteiger partial charge in [-0.25, -0.2) is 9.37 Å².